The van der Waals surface area contributed by atoms with Crippen LogP contribution >= 0.6 is 11.6 Å². The van der Waals surface area contributed by atoms with Crippen molar-refractivity contribution in [3.63, 3.8) is 0 Å². The Morgan fingerprint density at radius 3 is 2.41 bits per heavy atom. The highest BCUT2D eigenvalue weighted by Crippen LogP contribution is 2.30. The molecule has 4 rings (SSSR count). The van der Waals surface area contributed by atoms with Gasteiger partial charge in [-0.25, -0.2) is 9.18 Å². The molecule has 3 amide bonds. The molecular weight excluding hydrogens is 455 g/mol. The largest absolute Gasteiger partial charge is 0.370 e. The Hall–Kier alpha value is -3.58. The van der Waals surface area contributed by atoms with Gasteiger partial charge in [-0.05, 0) is 61.7 Å². The van der Waals surface area contributed by atoms with Crippen molar-refractivity contribution >= 4 is 40.6 Å². The number of hydrogen-bond donors (Lipinski definition) is 3. The third-order valence-corrected chi connectivity index (χ3v) is 5.99. The summed E-state index contributed by atoms with van der Waals surface area (Å²) >= 11 is 5.81. The molecule has 1 heterocycles. The lowest BCUT2D eigenvalue weighted by Gasteiger charge is -2.22. The highest BCUT2D eigenvalue weighted by Gasteiger charge is 2.19. The molecule has 0 spiro atoms. The number of urea groups is 1. The summed E-state index contributed by atoms with van der Waals surface area (Å²) in [5, 5.41) is 8.34. The first kappa shape index (κ1) is 23.6. The van der Waals surface area contributed by atoms with Crippen LogP contribution in [0.2, 0.25) is 5.02 Å². The normalized spacial score (nSPS) is 13.0. The first-order valence-corrected chi connectivity index (χ1v) is 11.5. The van der Waals surface area contributed by atoms with Crippen LogP contribution in [0.3, 0.4) is 0 Å². The molecule has 0 atom stereocenters. The van der Waals surface area contributed by atoms with Gasteiger partial charge in [0.15, 0.2) is 0 Å². The Bertz CT molecular complexity index is 1190. The van der Waals surface area contributed by atoms with Gasteiger partial charge in [0, 0.05) is 30.9 Å². The topological polar surface area (TPSA) is 73.5 Å². The number of carbonyl (C=O) groups is 2. The van der Waals surface area contributed by atoms with E-state index in [1.807, 2.05) is 37.3 Å². The second kappa shape index (κ2) is 10.6. The number of nitrogens with zero attached hydrogens (tertiary/aromatic N) is 1. The SMILES string of the molecule is Cc1ccc(CNC(=O)c2ccc(N3CCCC3)c(NC(=O)Nc3ccc(F)c(Cl)c3)c2)cc1. The molecule has 1 fully saturated rings. The molecule has 3 aromatic rings. The van der Waals surface area contributed by atoms with E-state index in [1.54, 1.807) is 12.1 Å². The molecule has 6 nitrogen and oxygen atoms in total. The van der Waals surface area contributed by atoms with Gasteiger partial charge < -0.3 is 20.9 Å². The van der Waals surface area contributed by atoms with E-state index in [0.717, 1.165) is 42.7 Å². The lowest BCUT2D eigenvalue weighted by atomic mass is 10.1. The predicted octanol–water partition coefficient (Wildman–Crippen LogP) is 5.96. The molecule has 176 valence electrons. The fraction of sp³-hybridized carbons (Fsp3) is 0.231. The fourth-order valence-corrected chi connectivity index (χ4v) is 4.04. The maximum atomic E-state index is 13.4. The predicted molar refractivity (Wildman–Crippen MR) is 134 cm³/mol. The first-order chi connectivity index (χ1) is 16.4. The summed E-state index contributed by atoms with van der Waals surface area (Å²) in [6, 6.07) is 16.7. The van der Waals surface area contributed by atoms with Gasteiger partial charge >= 0.3 is 6.03 Å². The highest BCUT2D eigenvalue weighted by molar-refractivity contribution is 6.31. The molecule has 0 bridgehead atoms. The third-order valence-electron chi connectivity index (χ3n) is 5.70. The van der Waals surface area contributed by atoms with E-state index < -0.39 is 11.8 Å². The van der Waals surface area contributed by atoms with Crippen LogP contribution in [0.1, 0.15) is 34.3 Å². The molecule has 0 saturated carbocycles. The molecule has 8 heteroatoms. The third kappa shape index (κ3) is 5.85. The number of amides is 3. The zero-order valence-electron chi connectivity index (χ0n) is 18.8. The lowest BCUT2D eigenvalue weighted by Crippen LogP contribution is -2.26. The second-order valence-corrected chi connectivity index (χ2v) is 8.71. The van der Waals surface area contributed by atoms with E-state index >= 15 is 0 Å². The number of halogens is 2. The highest BCUT2D eigenvalue weighted by atomic mass is 35.5. The minimum absolute atomic E-state index is 0.0807. The van der Waals surface area contributed by atoms with Gasteiger partial charge in [-0.15, -0.1) is 0 Å². The Kier molecular flexibility index (Phi) is 7.33. The van der Waals surface area contributed by atoms with Gasteiger partial charge in [-0.3, -0.25) is 4.79 Å². The van der Waals surface area contributed by atoms with E-state index in [9.17, 15) is 14.0 Å². The van der Waals surface area contributed by atoms with Crippen molar-refractivity contribution in [2.45, 2.75) is 26.3 Å². The van der Waals surface area contributed by atoms with Crippen molar-refractivity contribution in [1.82, 2.24) is 5.32 Å². The first-order valence-electron chi connectivity index (χ1n) is 11.1. The van der Waals surface area contributed by atoms with Crippen LogP contribution in [0.15, 0.2) is 60.7 Å². The summed E-state index contributed by atoms with van der Waals surface area (Å²) in [6.07, 6.45) is 2.14. The number of benzene rings is 3. The van der Waals surface area contributed by atoms with Crippen molar-refractivity contribution in [2.24, 2.45) is 0 Å². The summed E-state index contributed by atoms with van der Waals surface area (Å²) in [6.45, 7) is 4.17. The molecule has 1 aliphatic rings. The summed E-state index contributed by atoms with van der Waals surface area (Å²) in [4.78, 5) is 27.7. The Labute approximate surface area is 203 Å². The van der Waals surface area contributed by atoms with E-state index in [4.69, 9.17) is 11.6 Å². The Morgan fingerprint density at radius 2 is 1.71 bits per heavy atom. The van der Waals surface area contributed by atoms with Crippen LogP contribution in [-0.4, -0.2) is 25.0 Å². The van der Waals surface area contributed by atoms with Crippen molar-refractivity contribution in [1.29, 1.82) is 0 Å². The molecule has 0 aromatic heterocycles. The van der Waals surface area contributed by atoms with E-state index in [0.29, 0.717) is 23.5 Å². The van der Waals surface area contributed by atoms with Crippen molar-refractivity contribution in [2.75, 3.05) is 28.6 Å². The number of aryl methyl sites for hydroxylation is 1. The Morgan fingerprint density at radius 1 is 0.971 bits per heavy atom. The van der Waals surface area contributed by atoms with Crippen LogP contribution in [0.4, 0.5) is 26.2 Å². The maximum Gasteiger partial charge on any atom is 0.323 e. The standard InChI is InChI=1S/C26H26ClFN4O2/c1-17-4-6-18(7-5-17)16-29-25(33)19-8-11-24(32-12-2-3-13-32)23(14-19)31-26(34)30-20-9-10-22(28)21(27)15-20/h4-11,14-15H,2-3,12-13,16H2,1H3,(H,29,33)(H2,30,31,34). The molecule has 1 saturated heterocycles. The minimum Gasteiger partial charge on any atom is -0.370 e. The molecule has 3 aromatic carbocycles. The zero-order valence-corrected chi connectivity index (χ0v) is 19.6. The van der Waals surface area contributed by atoms with E-state index in [2.05, 4.69) is 20.9 Å². The summed E-state index contributed by atoms with van der Waals surface area (Å²) in [5.74, 6) is -0.796. The number of nitrogens with one attached hydrogen (secondary N) is 3. The van der Waals surface area contributed by atoms with Crippen molar-refractivity contribution < 1.29 is 14.0 Å². The van der Waals surface area contributed by atoms with E-state index in [1.165, 1.54) is 18.2 Å². The lowest BCUT2D eigenvalue weighted by molar-refractivity contribution is 0.0951. The molecular formula is C26H26ClFN4O2. The second-order valence-electron chi connectivity index (χ2n) is 8.30. The van der Waals surface area contributed by atoms with Crippen molar-refractivity contribution in [3.05, 3.63) is 88.2 Å². The van der Waals surface area contributed by atoms with Crippen LogP contribution in [0.5, 0.6) is 0 Å². The number of carbonyl (C=O) groups excluding carboxylic acids is 2. The minimum atomic E-state index is -0.562. The Balaban J connectivity index is 1.50. The summed E-state index contributed by atoms with van der Waals surface area (Å²) in [7, 11) is 0. The number of anilines is 3. The average molecular weight is 481 g/mol. The number of rotatable bonds is 6. The van der Waals surface area contributed by atoms with Gasteiger partial charge in [-0.1, -0.05) is 41.4 Å². The zero-order chi connectivity index (χ0) is 24.1. The fourth-order valence-electron chi connectivity index (χ4n) is 3.86. The molecule has 1 aliphatic heterocycles. The summed E-state index contributed by atoms with van der Waals surface area (Å²) < 4.78 is 13.4. The summed E-state index contributed by atoms with van der Waals surface area (Å²) in [5.41, 5.74) is 4.33. The van der Waals surface area contributed by atoms with Crippen LogP contribution in [0.25, 0.3) is 0 Å². The molecule has 34 heavy (non-hydrogen) atoms. The molecule has 0 radical (unpaired) electrons. The average Bonchev–Trinajstić information content (AvgIpc) is 3.35. The van der Waals surface area contributed by atoms with Crippen LogP contribution in [-0.2, 0) is 6.54 Å². The van der Waals surface area contributed by atoms with Gasteiger partial charge in [-0.2, -0.15) is 0 Å². The quantitative estimate of drug-likeness (QED) is 0.407. The van der Waals surface area contributed by atoms with Crippen molar-refractivity contribution in [3.8, 4) is 0 Å². The monoisotopic (exact) mass is 480 g/mol. The van der Waals surface area contributed by atoms with Gasteiger partial charge in [0.25, 0.3) is 5.91 Å². The molecule has 0 aliphatic carbocycles. The van der Waals surface area contributed by atoms with Crippen LogP contribution in [0, 0.1) is 12.7 Å². The van der Waals surface area contributed by atoms with Crippen LogP contribution < -0.4 is 20.9 Å². The van der Waals surface area contributed by atoms with E-state index in [-0.39, 0.29) is 10.9 Å². The van der Waals surface area contributed by atoms with Gasteiger partial charge in [0.2, 0.25) is 0 Å². The smallest absolute Gasteiger partial charge is 0.323 e. The number of hydrogen-bond acceptors (Lipinski definition) is 3. The molecule has 0 unspecified atom stereocenters. The maximum absolute atomic E-state index is 13.4. The van der Waals surface area contributed by atoms with Gasteiger partial charge in [0.1, 0.15) is 5.82 Å². The van der Waals surface area contributed by atoms with Gasteiger partial charge in [0.05, 0.1) is 16.4 Å². The molecule has 3 N–H and O–H groups in total.